The maximum Gasteiger partial charge on any atom is 0.226 e. The Morgan fingerprint density at radius 1 is 1.16 bits per heavy atom. The minimum Gasteiger partial charge on any atom is -0.361 e. The van der Waals surface area contributed by atoms with E-state index in [1.165, 1.54) is 0 Å². The Labute approximate surface area is 188 Å². The molecule has 7 heteroatoms. The highest BCUT2D eigenvalue weighted by molar-refractivity contribution is 7.80. The predicted molar refractivity (Wildman–Crippen MR) is 128 cm³/mol. The molecule has 0 saturated carbocycles. The van der Waals surface area contributed by atoms with Crippen LogP contribution in [0.5, 0.6) is 0 Å². The fourth-order valence-electron chi connectivity index (χ4n) is 3.86. The first-order chi connectivity index (χ1) is 14.8. The van der Waals surface area contributed by atoms with E-state index in [0.717, 1.165) is 34.0 Å². The van der Waals surface area contributed by atoms with E-state index >= 15 is 0 Å². The number of anilines is 2. The number of hydrogen-bond acceptors (Lipinski definition) is 3. The largest absolute Gasteiger partial charge is 0.361 e. The van der Waals surface area contributed by atoms with Gasteiger partial charge in [-0.05, 0) is 74.1 Å². The summed E-state index contributed by atoms with van der Waals surface area (Å²) in [6.45, 7) is 7.80. The summed E-state index contributed by atoms with van der Waals surface area (Å²) in [5, 5.41) is 7.11. The molecule has 1 fully saturated rings. The zero-order valence-corrected chi connectivity index (χ0v) is 19.0. The number of aryl methyl sites for hydroxylation is 2. The third-order valence-electron chi connectivity index (χ3n) is 5.54. The summed E-state index contributed by atoms with van der Waals surface area (Å²) in [7, 11) is 0. The van der Waals surface area contributed by atoms with Gasteiger partial charge < -0.3 is 20.5 Å². The Kier molecular flexibility index (Phi) is 5.78. The summed E-state index contributed by atoms with van der Waals surface area (Å²) in [5.74, 6) is -0.0711. The summed E-state index contributed by atoms with van der Waals surface area (Å²) in [6.07, 6.45) is 1.80. The van der Waals surface area contributed by atoms with Crippen molar-refractivity contribution in [2.75, 3.05) is 10.2 Å². The van der Waals surface area contributed by atoms with Crippen molar-refractivity contribution in [1.82, 2.24) is 15.3 Å². The molecular weight excluding hydrogens is 406 g/mol. The molecule has 1 saturated heterocycles. The summed E-state index contributed by atoms with van der Waals surface area (Å²) in [5.41, 5.74) is 5.85. The van der Waals surface area contributed by atoms with Gasteiger partial charge >= 0.3 is 0 Å². The Morgan fingerprint density at radius 2 is 1.97 bits per heavy atom. The van der Waals surface area contributed by atoms with Gasteiger partial charge in [0.15, 0.2) is 5.11 Å². The Hall–Kier alpha value is -3.19. The molecule has 6 nitrogen and oxygen atoms in total. The SMILES string of the molecule is Cc1ccc([C@@H]2[C@@H](c3ccccn3)NC(=S)N2c2ccc(NC(=O)C(C)C)c(C)c2)[nH]1. The van der Waals surface area contributed by atoms with Crippen LogP contribution in [0.4, 0.5) is 11.4 Å². The van der Waals surface area contributed by atoms with Crippen LogP contribution in [0, 0.1) is 19.8 Å². The molecule has 1 aromatic carbocycles. The summed E-state index contributed by atoms with van der Waals surface area (Å²) < 4.78 is 0. The van der Waals surface area contributed by atoms with E-state index in [1.807, 2.05) is 58.0 Å². The number of carbonyl (C=O) groups is 1. The monoisotopic (exact) mass is 433 g/mol. The molecule has 0 radical (unpaired) electrons. The van der Waals surface area contributed by atoms with Crippen molar-refractivity contribution in [3.05, 3.63) is 77.4 Å². The van der Waals surface area contributed by atoms with Gasteiger partial charge in [-0.2, -0.15) is 0 Å². The molecule has 31 heavy (non-hydrogen) atoms. The number of aromatic amines is 1. The van der Waals surface area contributed by atoms with Crippen molar-refractivity contribution in [3.63, 3.8) is 0 Å². The van der Waals surface area contributed by atoms with E-state index in [1.54, 1.807) is 6.20 Å². The summed E-state index contributed by atoms with van der Waals surface area (Å²) in [6, 6.07) is 15.9. The Balaban J connectivity index is 1.73. The highest BCUT2D eigenvalue weighted by atomic mass is 32.1. The number of aromatic nitrogens is 2. The van der Waals surface area contributed by atoms with E-state index in [9.17, 15) is 4.79 Å². The van der Waals surface area contributed by atoms with Gasteiger partial charge in [-0.25, -0.2) is 0 Å². The van der Waals surface area contributed by atoms with E-state index in [0.29, 0.717) is 5.11 Å². The van der Waals surface area contributed by atoms with Gasteiger partial charge in [0.1, 0.15) is 6.04 Å². The smallest absolute Gasteiger partial charge is 0.226 e. The topological polar surface area (TPSA) is 73.1 Å². The normalized spacial score (nSPS) is 18.4. The van der Waals surface area contributed by atoms with E-state index in [2.05, 4.69) is 43.7 Å². The lowest BCUT2D eigenvalue weighted by Crippen LogP contribution is -2.29. The van der Waals surface area contributed by atoms with Crippen molar-refractivity contribution in [2.24, 2.45) is 5.92 Å². The predicted octanol–water partition coefficient (Wildman–Crippen LogP) is 4.80. The third kappa shape index (κ3) is 4.18. The van der Waals surface area contributed by atoms with E-state index in [4.69, 9.17) is 12.2 Å². The Morgan fingerprint density at radius 3 is 2.58 bits per heavy atom. The highest BCUT2D eigenvalue weighted by Gasteiger charge is 2.41. The number of hydrogen-bond donors (Lipinski definition) is 3. The molecule has 0 unspecified atom stereocenters. The molecule has 1 aliphatic rings. The molecule has 3 aromatic rings. The number of thiocarbonyl (C=S) groups is 1. The number of benzene rings is 1. The lowest BCUT2D eigenvalue weighted by Gasteiger charge is -2.27. The van der Waals surface area contributed by atoms with Crippen LogP contribution in [0.3, 0.4) is 0 Å². The molecule has 4 rings (SSSR count). The van der Waals surface area contributed by atoms with E-state index in [-0.39, 0.29) is 23.9 Å². The maximum atomic E-state index is 12.1. The molecule has 0 bridgehead atoms. The van der Waals surface area contributed by atoms with Gasteiger partial charge in [0.05, 0.1) is 11.7 Å². The molecule has 0 spiro atoms. The van der Waals surface area contributed by atoms with Crippen molar-refractivity contribution >= 4 is 34.6 Å². The third-order valence-corrected chi connectivity index (χ3v) is 5.86. The zero-order valence-electron chi connectivity index (χ0n) is 18.1. The molecule has 1 aliphatic heterocycles. The van der Waals surface area contributed by atoms with Gasteiger partial charge in [0.25, 0.3) is 0 Å². The van der Waals surface area contributed by atoms with E-state index < -0.39 is 0 Å². The number of carbonyl (C=O) groups excluding carboxylic acids is 1. The number of rotatable bonds is 5. The molecule has 3 heterocycles. The molecular formula is C24H27N5OS. The van der Waals surface area contributed by atoms with Crippen LogP contribution in [0.15, 0.2) is 54.7 Å². The second kappa shape index (κ2) is 8.51. The fraction of sp³-hybridized carbons (Fsp3) is 0.292. The average Bonchev–Trinajstić information content (AvgIpc) is 3.32. The van der Waals surface area contributed by atoms with Crippen LogP contribution in [-0.2, 0) is 4.79 Å². The maximum absolute atomic E-state index is 12.1. The van der Waals surface area contributed by atoms with Gasteiger partial charge in [-0.1, -0.05) is 19.9 Å². The number of nitrogens with one attached hydrogen (secondary N) is 3. The zero-order chi connectivity index (χ0) is 22.1. The molecule has 2 aromatic heterocycles. The molecule has 2 atom stereocenters. The number of amides is 1. The minimum absolute atomic E-state index is 0.00385. The standard InChI is InChI=1S/C24H27N5OS/c1-14(2)23(30)27-18-11-9-17(13-15(18)3)29-22(20-10-8-16(4)26-20)21(28-24(29)31)19-7-5-6-12-25-19/h5-14,21-22,26H,1-4H3,(H,27,30)(H,28,31)/t21-,22-/m1/s1. The first kappa shape index (κ1) is 21.1. The Bertz CT molecular complexity index is 1110. The second-order valence-corrected chi connectivity index (χ2v) is 8.62. The first-order valence-electron chi connectivity index (χ1n) is 10.4. The summed E-state index contributed by atoms with van der Waals surface area (Å²) in [4.78, 5) is 22.3. The number of nitrogens with zero attached hydrogens (tertiary/aromatic N) is 2. The lowest BCUT2D eigenvalue weighted by molar-refractivity contribution is -0.118. The van der Waals surface area contributed by atoms with Crippen LogP contribution in [0.2, 0.25) is 0 Å². The van der Waals surface area contributed by atoms with Crippen LogP contribution in [0.1, 0.15) is 48.6 Å². The number of pyridine rings is 1. The summed E-state index contributed by atoms with van der Waals surface area (Å²) >= 11 is 5.77. The number of H-pyrrole nitrogens is 1. The van der Waals surface area contributed by atoms with Crippen LogP contribution < -0.4 is 15.5 Å². The van der Waals surface area contributed by atoms with Crippen molar-refractivity contribution in [3.8, 4) is 0 Å². The van der Waals surface area contributed by atoms with Crippen molar-refractivity contribution in [2.45, 2.75) is 39.8 Å². The molecule has 160 valence electrons. The molecule has 0 aliphatic carbocycles. The second-order valence-electron chi connectivity index (χ2n) is 8.24. The van der Waals surface area contributed by atoms with Crippen LogP contribution in [-0.4, -0.2) is 21.0 Å². The molecule has 3 N–H and O–H groups in total. The average molecular weight is 434 g/mol. The van der Waals surface area contributed by atoms with Crippen LogP contribution >= 0.6 is 12.2 Å². The quantitative estimate of drug-likeness (QED) is 0.504. The van der Waals surface area contributed by atoms with Gasteiger partial charge in [-0.3, -0.25) is 9.78 Å². The fourth-order valence-corrected chi connectivity index (χ4v) is 4.21. The lowest BCUT2D eigenvalue weighted by atomic mass is 10.0. The van der Waals surface area contributed by atoms with Gasteiger partial charge in [0, 0.05) is 34.9 Å². The first-order valence-corrected chi connectivity index (χ1v) is 10.8. The molecule has 1 amide bonds. The minimum atomic E-state index is -0.0904. The van der Waals surface area contributed by atoms with Crippen molar-refractivity contribution < 1.29 is 4.79 Å². The van der Waals surface area contributed by atoms with Gasteiger partial charge in [0.2, 0.25) is 5.91 Å². The van der Waals surface area contributed by atoms with Crippen LogP contribution in [0.25, 0.3) is 0 Å². The highest BCUT2D eigenvalue weighted by Crippen LogP contribution is 2.41. The van der Waals surface area contributed by atoms with Gasteiger partial charge in [-0.15, -0.1) is 0 Å². The van der Waals surface area contributed by atoms with Crippen molar-refractivity contribution in [1.29, 1.82) is 0 Å².